The molecule has 0 saturated heterocycles. The number of carboxylic acids is 1. The van der Waals surface area contributed by atoms with Crippen LogP contribution in [0.4, 0.5) is 5.82 Å². The Kier molecular flexibility index (Phi) is 7.84. The molecule has 0 spiro atoms. The molecule has 4 unspecified atom stereocenters. The highest BCUT2D eigenvalue weighted by Gasteiger charge is 2.43. The second-order valence-electron chi connectivity index (χ2n) is 7.67. The van der Waals surface area contributed by atoms with Gasteiger partial charge in [0.15, 0.2) is 22.1 Å². The van der Waals surface area contributed by atoms with Gasteiger partial charge in [0.25, 0.3) is 0 Å². The molecule has 4 N–H and O–H groups in total. The average molecular weight is 439 g/mol. The molecule has 2 aromatic heterocycles. The summed E-state index contributed by atoms with van der Waals surface area (Å²) in [5.41, 5.74) is 1.04. The molecule has 0 radical (unpaired) electrons. The quantitative estimate of drug-likeness (QED) is 0.233. The maximum absolute atomic E-state index is 10.9. The van der Waals surface area contributed by atoms with Crippen LogP contribution in [0.15, 0.2) is 5.16 Å². The van der Waals surface area contributed by atoms with Gasteiger partial charge in [-0.1, -0.05) is 37.2 Å². The smallest absolute Gasteiger partial charge is 0.303 e. The van der Waals surface area contributed by atoms with Gasteiger partial charge in [0.05, 0.1) is 12.1 Å². The first kappa shape index (κ1) is 22.7. The number of thioether (sulfide) groups is 1. The number of carboxylic acid groups (broad SMARTS) is 1. The lowest BCUT2D eigenvalue weighted by Gasteiger charge is -2.17. The number of aromatic nitrogens is 5. The van der Waals surface area contributed by atoms with Gasteiger partial charge in [0.1, 0.15) is 6.10 Å². The second kappa shape index (κ2) is 10.4. The summed E-state index contributed by atoms with van der Waals surface area (Å²) in [5, 5.41) is 42.4. The van der Waals surface area contributed by atoms with Crippen molar-refractivity contribution in [3.8, 4) is 0 Å². The monoisotopic (exact) mass is 438 g/mol. The normalized spacial score (nSPS) is 23.9. The summed E-state index contributed by atoms with van der Waals surface area (Å²) in [6.07, 6.45) is 1.62. The van der Waals surface area contributed by atoms with Crippen molar-refractivity contribution in [2.24, 2.45) is 5.92 Å². The highest BCUT2D eigenvalue weighted by molar-refractivity contribution is 7.99. The van der Waals surface area contributed by atoms with Gasteiger partial charge in [0.2, 0.25) is 0 Å². The van der Waals surface area contributed by atoms with E-state index in [4.69, 9.17) is 5.11 Å². The van der Waals surface area contributed by atoms with Crippen LogP contribution in [0.5, 0.6) is 0 Å². The van der Waals surface area contributed by atoms with E-state index in [2.05, 4.69) is 39.4 Å². The number of nitrogens with zero attached hydrogens (tertiary/aromatic N) is 5. The van der Waals surface area contributed by atoms with Gasteiger partial charge in [-0.25, -0.2) is 14.6 Å². The number of hydrogen-bond donors (Lipinski definition) is 4. The van der Waals surface area contributed by atoms with Gasteiger partial charge in [0, 0.05) is 18.7 Å². The molecule has 4 atom stereocenters. The molecule has 11 heteroatoms. The molecule has 1 aliphatic carbocycles. The van der Waals surface area contributed by atoms with Crippen molar-refractivity contribution in [1.29, 1.82) is 0 Å². The molecule has 10 nitrogen and oxygen atoms in total. The minimum Gasteiger partial charge on any atom is -0.481 e. The molecule has 0 aliphatic heterocycles. The SMILES string of the molecule is CCCCNc1nc(SCCC)nc2c1nnn2C1CC(CCC(=O)O)C(O)C1O. The summed E-state index contributed by atoms with van der Waals surface area (Å²) in [6, 6.07) is -0.522. The molecule has 30 heavy (non-hydrogen) atoms. The predicted octanol–water partition coefficient (Wildman–Crippen LogP) is 2.08. The molecule has 2 aromatic rings. The van der Waals surface area contributed by atoms with Crippen LogP contribution in [0.1, 0.15) is 58.4 Å². The lowest BCUT2D eigenvalue weighted by Crippen LogP contribution is -2.30. The second-order valence-corrected chi connectivity index (χ2v) is 8.73. The van der Waals surface area contributed by atoms with Crippen LogP contribution in [0.3, 0.4) is 0 Å². The summed E-state index contributed by atoms with van der Waals surface area (Å²) >= 11 is 1.55. The number of hydrogen-bond acceptors (Lipinski definition) is 9. The Bertz CT molecular complexity index is 863. The van der Waals surface area contributed by atoms with Crippen LogP contribution in [0, 0.1) is 5.92 Å². The molecular formula is C19H30N6O4S. The molecule has 166 valence electrons. The molecule has 0 amide bonds. The fourth-order valence-corrected chi connectivity index (χ4v) is 4.43. The van der Waals surface area contributed by atoms with E-state index in [0.717, 1.165) is 31.6 Å². The van der Waals surface area contributed by atoms with Gasteiger partial charge < -0.3 is 20.6 Å². The Morgan fingerprint density at radius 2 is 2.03 bits per heavy atom. The fraction of sp³-hybridized carbons (Fsp3) is 0.737. The van der Waals surface area contributed by atoms with E-state index >= 15 is 0 Å². The Labute approximate surface area is 179 Å². The molecule has 1 fully saturated rings. The largest absolute Gasteiger partial charge is 0.481 e. The summed E-state index contributed by atoms with van der Waals surface area (Å²) in [6.45, 7) is 4.96. The Hall–Kier alpha value is -1.98. The predicted molar refractivity (Wildman–Crippen MR) is 114 cm³/mol. The van der Waals surface area contributed by atoms with E-state index in [-0.39, 0.29) is 12.3 Å². The lowest BCUT2D eigenvalue weighted by molar-refractivity contribution is -0.137. The lowest BCUT2D eigenvalue weighted by atomic mass is 9.99. The Balaban J connectivity index is 1.91. The van der Waals surface area contributed by atoms with Gasteiger partial charge in [-0.3, -0.25) is 4.79 Å². The summed E-state index contributed by atoms with van der Waals surface area (Å²) < 4.78 is 1.56. The van der Waals surface area contributed by atoms with E-state index in [1.165, 1.54) is 0 Å². The minimum atomic E-state index is -1.06. The number of aliphatic carboxylic acids is 1. The maximum Gasteiger partial charge on any atom is 0.303 e. The van der Waals surface area contributed by atoms with E-state index in [9.17, 15) is 15.0 Å². The zero-order chi connectivity index (χ0) is 21.7. The van der Waals surface area contributed by atoms with Gasteiger partial charge in [-0.15, -0.1) is 5.10 Å². The molecule has 3 rings (SSSR count). The third-order valence-corrected chi connectivity index (χ3v) is 6.43. The Morgan fingerprint density at radius 1 is 1.23 bits per heavy atom. The number of unbranched alkanes of at least 4 members (excludes halogenated alkanes) is 1. The molecule has 1 saturated carbocycles. The minimum absolute atomic E-state index is 0.0508. The van der Waals surface area contributed by atoms with E-state index in [1.54, 1.807) is 16.4 Å². The number of nitrogens with one attached hydrogen (secondary N) is 1. The van der Waals surface area contributed by atoms with Crippen molar-refractivity contribution in [2.75, 3.05) is 17.6 Å². The van der Waals surface area contributed by atoms with Gasteiger partial charge >= 0.3 is 5.97 Å². The number of fused-ring (bicyclic) bond motifs is 1. The highest BCUT2D eigenvalue weighted by Crippen LogP contribution is 2.39. The number of aliphatic hydroxyl groups is 2. The Morgan fingerprint density at radius 3 is 2.73 bits per heavy atom. The molecule has 0 bridgehead atoms. The summed E-state index contributed by atoms with van der Waals surface area (Å²) in [5.74, 6) is 0.260. The van der Waals surface area contributed by atoms with Crippen LogP contribution >= 0.6 is 11.8 Å². The van der Waals surface area contributed by atoms with Crippen LogP contribution < -0.4 is 5.32 Å². The van der Waals surface area contributed by atoms with Crippen LogP contribution in [0.2, 0.25) is 0 Å². The molecule has 1 aliphatic rings. The molecule has 2 heterocycles. The number of aliphatic hydroxyl groups excluding tert-OH is 2. The zero-order valence-electron chi connectivity index (χ0n) is 17.4. The van der Waals surface area contributed by atoms with Gasteiger partial charge in [-0.2, -0.15) is 0 Å². The summed E-state index contributed by atoms with van der Waals surface area (Å²) in [4.78, 5) is 20.1. The molecule has 0 aromatic carbocycles. The van der Waals surface area contributed by atoms with Crippen LogP contribution in [0.25, 0.3) is 11.2 Å². The maximum atomic E-state index is 10.9. The molecular weight excluding hydrogens is 408 g/mol. The third kappa shape index (κ3) is 5.01. The van der Waals surface area contributed by atoms with Crippen molar-refractivity contribution in [3.63, 3.8) is 0 Å². The number of rotatable bonds is 11. The van der Waals surface area contributed by atoms with Crippen LogP contribution in [-0.4, -0.2) is 70.8 Å². The summed E-state index contributed by atoms with van der Waals surface area (Å²) in [7, 11) is 0. The number of anilines is 1. The highest BCUT2D eigenvalue weighted by atomic mass is 32.2. The first-order valence-electron chi connectivity index (χ1n) is 10.5. The van der Waals surface area contributed by atoms with Crippen LogP contribution in [-0.2, 0) is 4.79 Å². The third-order valence-electron chi connectivity index (χ3n) is 5.38. The van der Waals surface area contributed by atoms with E-state index in [0.29, 0.717) is 35.0 Å². The van der Waals surface area contributed by atoms with Crippen molar-refractivity contribution in [1.82, 2.24) is 25.0 Å². The zero-order valence-corrected chi connectivity index (χ0v) is 18.2. The van der Waals surface area contributed by atoms with Gasteiger partial charge in [-0.05, 0) is 31.6 Å². The van der Waals surface area contributed by atoms with Crippen molar-refractivity contribution in [2.45, 2.75) is 75.8 Å². The average Bonchev–Trinajstić information content (AvgIpc) is 3.26. The van der Waals surface area contributed by atoms with Crippen molar-refractivity contribution < 1.29 is 20.1 Å². The first-order chi connectivity index (χ1) is 14.5. The fourth-order valence-electron chi connectivity index (χ4n) is 3.74. The van der Waals surface area contributed by atoms with E-state index < -0.39 is 24.2 Å². The standard InChI is InChI=1S/C19H30N6O4S/c1-3-5-8-20-17-14-18(22-19(21-17)30-9-4-2)25(24-23-14)12-10-11(6-7-13(26)27)15(28)16(12)29/h11-12,15-16,28-29H,3-10H2,1-2H3,(H,26,27)(H,20,21,22). The number of carbonyl (C=O) groups is 1. The van der Waals surface area contributed by atoms with Crippen molar-refractivity contribution >= 4 is 34.7 Å². The van der Waals surface area contributed by atoms with E-state index in [1.807, 2.05) is 0 Å². The topological polar surface area (TPSA) is 146 Å². The van der Waals surface area contributed by atoms with Crippen molar-refractivity contribution in [3.05, 3.63) is 0 Å². The first-order valence-corrected chi connectivity index (χ1v) is 11.5.